The molecule has 0 fully saturated rings. The van der Waals surface area contributed by atoms with Crippen LogP contribution in [-0.2, 0) is 0 Å². The zero-order valence-corrected chi connectivity index (χ0v) is 8.12. The van der Waals surface area contributed by atoms with Gasteiger partial charge in [0.05, 0.1) is 4.92 Å². The molecule has 0 unspecified atom stereocenters. The van der Waals surface area contributed by atoms with Crippen LogP contribution >= 0.6 is 0 Å². The van der Waals surface area contributed by atoms with Gasteiger partial charge in [-0.25, -0.2) is 5.54 Å². The number of nitro benzene ring substituents is 1. The number of alkyl halides is 3. The molecular weight excluding hydrogens is 248 g/mol. The van der Waals surface area contributed by atoms with Crippen molar-refractivity contribution in [3.8, 4) is 5.75 Å². The minimum absolute atomic E-state index is 0.463. The Morgan fingerprint density at radius 1 is 1.41 bits per heavy atom. The number of benzene rings is 1. The lowest BCUT2D eigenvalue weighted by Crippen LogP contribution is -2.19. The third kappa shape index (κ3) is 3.78. The molecule has 0 saturated carbocycles. The van der Waals surface area contributed by atoms with Crippen molar-refractivity contribution in [3.05, 3.63) is 28.3 Å². The third-order valence-corrected chi connectivity index (χ3v) is 1.67. The van der Waals surface area contributed by atoms with Crippen molar-refractivity contribution in [1.29, 1.82) is 0 Å². The van der Waals surface area contributed by atoms with Crippen molar-refractivity contribution in [2.45, 2.75) is 6.18 Å². The van der Waals surface area contributed by atoms with Crippen LogP contribution < -0.4 is 10.3 Å². The van der Waals surface area contributed by atoms with Crippen molar-refractivity contribution < 1.29 is 27.3 Å². The number of rotatable bonds is 4. The molecule has 0 aliphatic carbocycles. The molecule has 1 rings (SSSR count). The van der Waals surface area contributed by atoms with Crippen molar-refractivity contribution in [3.63, 3.8) is 0 Å². The van der Waals surface area contributed by atoms with E-state index in [1.807, 2.05) is 0 Å². The summed E-state index contributed by atoms with van der Waals surface area (Å²) in [7, 11) is 0. The SMILES string of the molecule is O=[N+]([O-])c1ccc(OCC(F)(F)F)c(NF)c1. The lowest BCUT2D eigenvalue weighted by Gasteiger charge is -2.11. The van der Waals surface area contributed by atoms with Gasteiger partial charge in [-0.3, -0.25) is 10.1 Å². The highest BCUT2D eigenvalue weighted by atomic mass is 19.4. The van der Waals surface area contributed by atoms with Crippen LogP contribution in [0.2, 0.25) is 0 Å². The molecule has 0 spiro atoms. The lowest BCUT2D eigenvalue weighted by atomic mass is 10.2. The second-order valence-electron chi connectivity index (χ2n) is 2.94. The number of non-ortho nitro benzene ring substituents is 1. The van der Waals surface area contributed by atoms with E-state index in [-0.39, 0.29) is 0 Å². The summed E-state index contributed by atoms with van der Waals surface area (Å²) in [4.78, 5) is 9.52. The number of anilines is 1. The molecule has 1 aromatic carbocycles. The van der Waals surface area contributed by atoms with Gasteiger partial charge < -0.3 is 4.74 Å². The summed E-state index contributed by atoms with van der Waals surface area (Å²) in [5.74, 6) is -0.463. The Hall–Kier alpha value is -2.06. The Bertz CT molecular complexity index is 422. The molecule has 17 heavy (non-hydrogen) atoms. The van der Waals surface area contributed by atoms with E-state index in [9.17, 15) is 27.8 Å². The summed E-state index contributed by atoms with van der Waals surface area (Å²) in [6.07, 6.45) is -4.57. The number of nitro groups is 1. The highest BCUT2D eigenvalue weighted by Crippen LogP contribution is 2.30. The van der Waals surface area contributed by atoms with Crippen LogP contribution in [0.4, 0.5) is 29.0 Å². The second kappa shape index (κ2) is 4.85. The van der Waals surface area contributed by atoms with Gasteiger partial charge in [-0.1, -0.05) is 0 Å². The Balaban J connectivity index is 2.89. The van der Waals surface area contributed by atoms with Gasteiger partial charge in [0.1, 0.15) is 11.4 Å². The van der Waals surface area contributed by atoms with Crippen LogP contribution in [0.25, 0.3) is 0 Å². The predicted octanol–water partition coefficient (Wildman–Crippen LogP) is 2.83. The van der Waals surface area contributed by atoms with Gasteiger partial charge in [-0.05, 0) is 6.07 Å². The first-order valence-electron chi connectivity index (χ1n) is 4.18. The monoisotopic (exact) mass is 254 g/mol. The Kier molecular flexibility index (Phi) is 3.71. The quantitative estimate of drug-likeness (QED) is 0.388. The number of nitrogens with one attached hydrogen (secondary N) is 1. The van der Waals surface area contributed by atoms with Gasteiger partial charge >= 0.3 is 6.18 Å². The first-order chi connectivity index (χ1) is 7.83. The molecule has 0 atom stereocenters. The van der Waals surface area contributed by atoms with E-state index in [0.29, 0.717) is 0 Å². The molecule has 0 saturated heterocycles. The number of nitrogens with zero attached hydrogens (tertiary/aromatic N) is 1. The molecule has 0 amide bonds. The van der Waals surface area contributed by atoms with Crippen molar-refractivity contribution in [2.75, 3.05) is 12.1 Å². The van der Waals surface area contributed by atoms with E-state index in [1.54, 1.807) is 0 Å². The highest BCUT2D eigenvalue weighted by Gasteiger charge is 2.29. The number of hydrogen-bond acceptors (Lipinski definition) is 4. The topological polar surface area (TPSA) is 64.4 Å². The van der Waals surface area contributed by atoms with E-state index in [1.165, 1.54) is 0 Å². The highest BCUT2D eigenvalue weighted by molar-refractivity contribution is 5.60. The third-order valence-electron chi connectivity index (χ3n) is 1.67. The summed E-state index contributed by atoms with van der Waals surface area (Å²) >= 11 is 0. The molecule has 0 heterocycles. The van der Waals surface area contributed by atoms with Crippen molar-refractivity contribution in [2.24, 2.45) is 0 Å². The molecule has 9 heteroatoms. The van der Waals surface area contributed by atoms with E-state index in [0.717, 1.165) is 23.7 Å². The van der Waals surface area contributed by atoms with Gasteiger partial charge in [-0.2, -0.15) is 13.2 Å². The number of hydrogen-bond donors (Lipinski definition) is 1. The van der Waals surface area contributed by atoms with E-state index >= 15 is 0 Å². The standard InChI is InChI=1S/C8H6F4N2O3/c9-8(10,11)4-17-7-2-1-5(14(15)16)3-6(7)13-12/h1-3,13H,4H2. The fourth-order valence-corrected chi connectivity index (χ4v) is 0.991. The lowest BCUT2D eigenvalue weighted by molar-refractivity contribution is -0.384. The molecule has 0 bridgehead atoms. The van der Waals surface area contributed by atoms with Crippen LogP contribution in [0.15, 0.2) is 18.2 Å². The summed E-state index contributed by atoms with van der Waals surface area (Å²) in [5, 5.41) is 10.3. The molecule has 5 nitrogen and oxygen atoms in total. The van der Waals surface area contributed by atoms with Crippen LogP contribution in [0, 0.1) is 10.1 Å². The van der Waals surface area contributed by atoms with Crippen molar-refractivity contribution in [1.82, 2.24) is 0 Å². The fourth-order valence-electron chi connectivity index (χ4n) is 0.991. The smallest absolute Gasteiger partial charge is 0.422 e. The Morgan fingerprint density at radius 2 is 2.06 bits per heavy atom. The molecule has 0 aromatic heterocycles. The Morgan fingerprint density at radius 3 is 2.53 bits per heavy atom. The molecule has 0 aliphatic heterocycles. The normalized spacial score (nSPS) is 11.1. The summed E-state index contributed by atoms with van der Waals surface area (Å²) in [5.41, 5.74) is 0.0238. The number of ether oxygens (including phenoxy) is 1. The largest absolute Gasteiger partial charge is 0.482 e. The van der Waals surface area contributed by atoms with E-state index in [4.69, 9.17) is 0 Å². The Labute approximate surface area is 92.1 Å². The van der Waals surface area contributed by atoms with Gasteiger partial charge in [0.2, 0.25) is 0 Å². The molecule has 94 valence electrons. The van der Waals surface area contributed by atoms with Gasteiger partial charge in [0.15, 0.2) is 6.61 Å². The van der Waals surface area contributed by atoms with Crippen LogP contribution in [0.1, 0.15) is 0 Å². The van der Waals surface area contributed by atoms with Crippen LogP contribution in [0.5, 0.6) is 5.75 Å². The zero-order chi connectivity index (χ0) is 13.1. The van der Waals surface area contributed by atoms with Gasteiger partial charge in [0, 0.05) is 12.1 Å². The second-order valence-corrected chi connectivity index (χ2v) is 2.94. The molecule has 0 aliphatic rings. The van der Waals surface area contributed by atoms with Crippen LogP contribution in [0.3, 0.4) is 0 Å². The van der Waals surface area contributed by atoms with Crippen LogP contribution in [-0.4, -0.2) is 17.7 Å². The first-order valence-corrected chi connectivity index (χ1v) is 4.18. The maximum atomic E-state index is 12.2. The van der Waals surface area contributed by atoms with E-state index < -0.39 is 34.8 Å². The van der Waals surface area contributed by atoms with Crippen molar-refractivity contribution >= 4 is 11.4 Å². The van der Waals surface area contributed by atoms with E-state index in [2.05, 4.69) is 4.74 Å². The minimum atomic E-state index is -4.57. The maximum Gasteiger partial charge on any atom is 0.422 e. The van der Waals surface area contributed by atoms with Gasteiger partial charge in [0.25, 0.3) is 5.69 Å². The minimum Gasteiger partial charge on any atom is -0.482 e. The average Bonchev–Trinajstić information content (AvgIpc) is 2.24. The van der Waals surface area contributed by atoms with Gasteiger partial charge in [-0.15, -0.1) is 4.48 Å². The summed E-state index contributed by atoms with van der Waals surface area (Å²) in [6, 6.07) is 2.52. The molecule has 1 N–H and O–H groups in total. The number of halogens is 4. The fraction of sp³-hybridized carbons (Fsp3) is 0.250. The predicted molar refractivity (Wildman–Crippen MR) is 49.4 cm³/mol. The summed E-state index contributed by atoms with van der Waals surface area (Å²) < 4.78 is 52.0. The molecular formula is C8H6F4N2O3. The molecule has 1 aromatic rings. The maximum absolute atomic E-state index is 12.2. The summed E-state index contributed by atoms with van der Waals surface area (Å²) in [6.45, 7) is -1.61. The average molecular weight is 254 g/mol. The first kappa shape index (κ1) is 13.0. The zero-order valence-electron chi connectivity index (χ0n) is 8.12. The molecule has 0 radical (unpaired) electrons.